The fraction of sp³-hybridized carbons (Fsp3) is 0.500. The Balaban J connectivity index is 2.10. The van der Waals surface area contributed by atoms with Crippen LogP contribution in [-0.4, -0.2) is 46.9 Å². The quantitative estimate of drug-likeness (QED) is 0.836. The predicted molar refractivity (Wildman–Crippen MR) is 94.4 cm³/mol. The molecule has 0 spiro atoms. The molecule has 1 heterocycles. The summed E-state index contributed by atoms with van der Waals surface area (Å²) >= 11 is 5.82. The zero-order valence-electron chi connectivity index (χ0n) is 14.5. The summed E-state index contributed by atoms with van der Waals surface area (Å²) in [6, 6.07) is 5.71. The lowest BCUT2D eigenvalue weighted by Crippen LogP contribution is -2.50. The van der Waals surface area contributed by atoms with Gasteiger partial charge in [-0.25, -0.2) is 0 Å². The maximum Gasteiger partial charge on any atom is 0.308 e. The highest BCUT2D eigenvalue weighted by Crippen LogP contribution is 2.24. The molecule has 2 rings (SSSR count). The normalized spacial score (nSPS) is 21.2. The maximum atomic E-state index is 12.8. The lowest BCUT2D eigenvalue weighted by atomic mass is 9.99. The van der Waals surface area contributed by atoms with Gasteiger partial charge in [0.25, 0.3) is 5.91 Å². The number of carbonyl (C=O) groups excluding carboxylic acids is 2. The molecule has 1 aliphatic heterocycles. The van der Waals surface area contributed by atoms with E-state index in [1.807, 2.05) is 20.8 Å². The molecule has 0 aromatic heterocycles. The van der Waals surface area contributed by atoms with Crippen LogP contribution in [0.5, 0.6) is 0 Å². The number of likely N-dealkylation sites (tertiary alicyclic amines) is 1. The number of carbonyl (C=O) groups is 3. The minimum absolute atomic E-state index is 0.110. The first-order valence-corrected chi connectivity index (χ1v) is 8.66. The number of benzene rings is 1. The molecule has 1 saturated heterocycles. The van der Waals surface area contributed by atoms with E-state index in [2.05, 4.69) is 5.32 Å². The summed E-state index contributed by atoms with van der Waals surface area (Å²) < 4.78 is 0. The second kappa shape index (κ2) is 7.87. The van der Waals surface area contributed by atoms with Gasteiger partial charge >= 0.3 is 5.97 Å². The number of aliphatic carboxylic acids is 1. The first kappa shape index (κ1) is 19.2. The largest absolute Gasteiger partial charge is 0.481 e. The van der Waals surface area contributed by atoms with Gasteiger partial charge < -0.3 is 15.3 Å². The molecule has 0 bridgehead atoms. The monoisotopic (exact) mass is 366 g/mol. The Labute approximate surface area is 152 Å². The van der Waals surface area contributed by atoms with E-state index in [1.165, 1.54) is 4.90 Å². The number of rotatable bonds is 5. The van der Waals surface area contributed by atoms with Crippen LogP contribution < -0.4 is 5.32 Å². The topological polar surface area (TPSA) is 86.7 Å². The summed E-state index contributed by atoms with van der Waals surface area (Å²) in [5.74, 6) is -2.29. The Morgan fingerprint density at radius 1 is 1.20 bits per heavy atom. The number of halogens is 1. The molecule has 136 valence electrons. The summed E-state index contributed by atoms with van der Waals surface area (Å²) in [4.78, 5) is 38.0. The number of amides is 2. The average Bonchev–Trinajstić information content (AvgIpc) is 2.94. The molecular weight excluding hydrogens is 344 g/mol. The van der Waals surface area contributed by atoms with Crippen molar-refractivity contribution in [2.45, 2.75) is 26.8 Å². The number of hydrogen-bond acceptors (Lipinski definition) is 3. The van der Waals surface area contributed by atoms with Crippen LogP contribution in [0.25, 0.3) is 0 Å². The van der Waals surface area contributed by atoms with Crippen LogP contribution in [0.4, 0.5) is 0 Å². The van der Waals surface area contributed by atoms with Crippen LogP contribution >= 0.6 is 11.6 Å². The maximum absolute atomic E-state index is 12.8. The Morgan fingerprint density at radius 2 is 1.80 bits per heavy atom. The van der Waals surface area contributed by atoms with Gasteiger partial charge in [-0.3, -0.25) is 14.4 Å². The molecule has 0 saturated carbocycles. The van der Waals surface area contributed by atoms with Crippen LogP contribution in [0, 0.1) is 17.8 Å². The molecular formula is C18H23ClN2O4. The highest BCUT2D eigenvalue weighted by molar-refractivity contribution is 6.30. The van der Waals surface area contributed by atoms with Gasteiger partial charge in [0, 0.05) is 23.7 Å². The lowest BCUT2D eigenvalue weighted by molar-refractivity contribution is -0.142. The highest BCUT2D eigenvalue weighted by atomic mass is 35.5. The van der Waals surface area contributed by atoms with Crippen molar-refractivity contribution in [2.75, 3.05) is 13.1 Å². The Bertz CT molecular complexity index is 660. The van der Waals surface area contributed by atoms with Crippen LogP contribution in [0.1, 0.15) is 31.1 Å². The number of nitrogens with one attached hydrogen (secondary N) is 1. The first-order valence-electron chi connectivity index (χ1n) is 8.28. The minimum Gasteiger partial charge on any atom is -0.481 e. The fourth-order valence-corrected chi connectivity index (χ4v) is 3.13. The van der Waals surface area contributed by atoms with Gasteiger partial charge in [-0.15, -0.1) is 0 Å². The molecule has 25 heavy (non-hydrogen) atoms. The lowest BCUT2D eigenvalue weighted by Gasteiger charge is -2.27. The zero-order valence-corrected chi connectivity index (χ0v) is 15.3. The predicted octanol–water partition coefficient (Wildman–Crippen LogP) is 2.27. The molecule has 0 radical (unpaired) electrons. The molecule has 1 fully saturated rings. The van der Waals surface area contributed by atoms with Crippen molar-refractivity contribution in [1.82, 2.24) is 10.2 Å². The van der Waals surface area contributed by atoms with Gasteiger partial charge in [0.15, 0.2) is 0 Å². The standard InChI is InChI=1S/C18H23ClN2O4/c1-10(2)15(20-16(22)12-4-6-13(19)7-5-12)17(23)21-8-11(3)14(9-21)18(24)25/h4-7,10-11,14-15H,8-9H2,1-3H3,(H,20,22)(H,24,25)/t11-,14-,15?/m1/s1. The molecule has 3 atom stereocenters. The second-order valence-corrected chi connectivity index (χ2v) is 7.30. The molecule has 0 aliphatic carbocycles. The van der Waals surface area contributed by atoms with Crippen LogP contribution in [-0.2, 0) is 9.59 Å². The van der Waals surface area contributed by atoms with Crippen LogP contribution in [0.2, 0.25) is 5.02 Å². The Kier molecular flexibility index (Phi) is 6.06. The van der Waals surface area contributed by atoms with Crippen LogP contribution in [0.15, 0.2) is 24.3 Å². The van der Waals surface area contributed by atoms with Crippen molar-refractivity contribution in [1.29, 1.82) is 0 Å². The fourth-order valence-electron chi connectivity index (χ4n) is 3.00. The van der Waals surface area contributed by atoms with E-state index in [1.54, 1.807) is 24.3 Å². The van der Waals surface area contributed by atoms with Gasteiger partial charge in [0.1, 0.15) is 6.04 Å². The number of nitrogens with zero attached hydrogens (tertiary/aromatic N) is 1. The van der Waals surface area contributed by atoms with Crippen molar-refractivity contribution < 1.29 is 19.5 Å². The molecule has 1 unspecified atom stereocenters. The van der Waals surface area contributed by atoms with Gasteiger partial charge in [-0.2, -0.15) is 0 Å². The summed E-state index contributed by atoms with van der Waals surface area (Å²) in [6.07, 6.45) is 0. The SMILES string of the molecule is CC(C)C(NC(=O)c1ccc(Cl)cc1)C(=O)N1C[C@@H](C)[C@H](C(=O)O)C1. The Morgan fingerprint density at radius 3 is 2.28 bits per heavy atom. The molecule has 1 aromatic rings. The smallest absolute Gasteiger partial charge is 0.308 e. The van der Waals surface area contributed by atoms with Crippen LogP contribution in [0.3, 0.4) is 0 Å². The van der Waals surface area contributed by atoms with Gasteiger partial charge in [0.2, 0.25) is 5.91 Å². The minimum atomic E-state index is -0.894. The van der Waals surface area contributed by atoms with Crippen molar-refractivity contribution in [2.24, 2.45) is 17.8 Å². The second-order valence-electron chi connectivity index (χ2n) is 6.87. The van der Waals surface area contributed by atoms with E-state index < -0.39 is 17.9 Å². The summed E-state index contributed by atoms with van der Waals surface area (Å²) in [5.41, 5.74) is 0.418. The van der Waals surface area contributed by atoms with Crippen molar-refractivity contribution in [3.05, 3.63) is 34.9 Å². The Hall–Kier alpha value is -2.08. The molecule has 1 aromatic carbocycles. The van der Waals surface area contributed by atoms with E-state index in [0.29, 0.717) is 17.1 Å². The third-order valence-electron chi connectivity index (χ3n) is 4.57. The van der Waals surface area contributed by atoms with E-state index in [-0.39, 0.29) is 30.2 Å². The molecule has 1 aliphatic rings. The third-order valence-corrected chi connectivity index (χ3v) is 4.82. The number of carboxylic acids is 1. The molecule has 7 heteroatoms. The number of carboxylic acid groups (broad SMARTS) is 1. The van der Waals surface area contributed by atoms with E-state index in [4.69, 9.17) is 11.6 Å². The molecule has 6 nitrogen and oxygen atoms in total. The first-order chi connectivity index (χ1) is 11.7. The highest BCUT2D eigenvalue weighted by Gasteiger charge is 2.39. The van der Waals surface area contributed by atoms with Crippen molar-refractivity contribution in [3.63, 3.8) is 0 Å². The third kappa shape index (κ3) is 4.51. The summed E-state index contributed by atoms with van der Waals surface area (Å²) in [5, 5.41) is 12.5. The van der Waals surface area contributed by atoms with E-state index in [0.717, 1.165) is 0 Å². The van der Waals surface area contributed by atoms with Crippen molar-refractivity contribution >= 4 is 29.4 Å². The molecule has 2 amide bonds. The zero-order chi connectivity index (χ0) is 18.7. The van der Waals surface area contributed by atoms with E-state index in [9.17, 15) is 19.5 Å². The van der Waals surface area contributed by atoms with Crippen molar-refractivity contribution in [3.8, 4) is 0 Å². The number of hydrogen-bond donors (Lipinski definition) is 2. The summed E-state index contributed by atoms with van der Waals surface area (Å²) in [7, 11) is 0. The van der Waals surface area contributed by atoms with Gasteiger partial charge in [0.05, 0.1) is 5.92 Å². The van der Waals surface area contributed by atoms with Gasteiger partial charge in [-0.1, -0.05) is 32.4 Å². The van der Waals surface area contributed by atoms with E-state index >= 15 is 0 Å². The average molecular weight is 367 g/mol. The summed E-state index contributed by atoms with van der Waals surface area (Å²) in [6.45, 7) is 6.08. The molecule has 2 N–H and O–H groups in total. The van der Waals surface area contributed by atoms with Gasteiger partial charge in [-0.05, 0) is 36.1 Å².